The first-order valence-corrected chi connectivity index (χ1v) is 34.9. The van der Waals surface area contributed by atoms with Gasteiger partial charge in [0.25, 0.3) is 0 Å². The zero-order valence-electron chi connectivity index (χ0n) is 55.8. The van der Waals surface area contributed by atoms with E-state index in [0.717, 1.165) is 116 Å². The van der Waals surface area contributed by atoms with Gasteiger partial charge in [-0.2, -0.15) is 0 Å². The van der Waals surface area contributed by atoms with E-state index in [-0.39, 0.29) is 18.9 Å². The highest BCUT2D eigenvalue weighted by Crippen LogP contribution is 2.30. The van der Waals surface area contributed by atoms with Crippen molar-refractivity contribution in [1.82, 2.24) is 5.32 Å². The average Bonchev–Trinajstić information content (AvgIpc) is 1.04. The topological polar surface area (TPSA) is 228 Å². The molecule has 2 heterocycles. The summed E-state index contributed by atoms with van der Waals surface area (Å²) in [5.74, 6) is -0.292. The summed E-state index contributed by atoms with van der Waals surface area (Å²) >= 11 is 0. The van der Waals surface area contributed by atoms with Crippen molar-refractivity contribution in [1.29, 1.82) is 0 Å². The SMILES string of the molecule is CC/C=C\C/C=C\C/C=C\C/C=C\C/C=C\C/C=C\C/C=C\C/C=C\C/C=C\C/C=C\C/C=C\CCCCCC(=O)NC(COC1OC(CO)C(OC2OC(CO)C(O)C(O)C2O)C(O)C1O)C(O)/C=C/CC/C=C/CC/C=C/CCCCCCCCCCCC. The second-order valence-corrected chi connectivity index (χ2v) is 23.5. The number of hydrogen-bond donors (Lipinski definition) is 9. The van der Waals surface area contributed by atoms with E-state index in [1.165, 1.54) is 64.2 Å². The molecule has 0 aromatic rings. The van der Waals surface area contributed by atoms with E-state index in [1.807, 2.05) is 6.08 Å². The molecule has 2 rings (SSSR count). The molecule has 1 amide bonds. The molecule has 2 aliphatic heterocycles. The van der Waals surface area contributed by atoms with Gasteiger partial charge in [0.15, 0.2) is 12.6 Å². The molecule has 9 N–H and O–H groups in total. The predicted octanol–water partition coefficient (Wildman–Crippen LogP) is 14.4. The first-order chi connectivity index (χ1) is 44.6. The van der Waals surface area contributed by atoms with Gasteiger partial charge in [0.1, 0.15) is 48.8 Å². The zero-order valence-corrected chi connectivity index (χ0v) is 55.8. The van der Waals surface area contributed by atoms with E-state index >= 15 is 0 Å². The molecule has 12 unspecified atom stereocenters. The van der Waals surface area contributed by atoms with Gasteiger partial charge in [-0.15, -0.1) is 0 Å². The highest BCUT2D eigenvalue weighted by molar-refractivity contribution is 5.76. The Labute approximate surface area is 549 Å². The Morgan fingerprint density at radius 1 is 0.407 bits per heavy atom. The quantitative estimate of drug-likeness (QED) is 0.0204. The molecule has 0 saturated carbocycles. The number of rotatable bonds is 54. The van der Waals surface area contributed by atoms with E-state index in [2.05, 4.69) is 177 Å². The molecular weight excluding hydrogens is 1150 g/mol. The van der Waals surface area contributed by atoms with Crippen molar-refractivity contribution in [3.63, 3.8) is 0 Å². The molecule has 91 heavy (non-hydrogen) atoms. The number of aliphatic hydroxyl groups is 8. The minimum Gasteiger partial charge on any atom is -0.394 e. The van der Waals surface area contributed by atoms with Gasteiger partial charge in [-0.05, 0) is 128 Å². The first-order valence-electron chi connectivity index (χ1n) is 34.9. The highest BCUT2D eigenvalue weighted by Gasteiger charge is 2.51. The molecule has 514 valence electrons. The molecule has 0 spiro atoms. The Balaban J connectivity index is 1.72. The normalized spacial score (nSPS) is 23.9. The van der Waals surface area contributed by atoms with E-state index in [4.69, 9.17) is 18.9 Å². The fourth-order valence-corrected chi connectivity index (χ4v) is 10.1. The fraction of sp³-hybridized carbons (Fsp3) is 0.623. The summed E-state index contributed by atoms with van der Waals surface area (Å²) in [5, 5.41) is 87.3. The summed E-state index contributed by atoms with van der Waals surface area (Å²) in [7, 11) is 0. The molecule has 0 aromatic carbocycles. The van der Waals surface area contributed by atoms with Crippen molar-refractivity contribution < 1.29 is 64.6 Å². The van der Waals surface area contributed by atoms with E-state index in [9.17, 15) is 45.6 Å². The van der Waals surface area contributed by atoms with Crippen LogP contribution in [0.25, 0.3) is 0 Å². The number of carbonyl (C=O) groups is 1. The molecule has 0 radical (unpaired) electrons. The van der Waals surface area contributed by atoms with Crippen LogP contribution < -0.4 is 5.32 Å². The van der Waals surface area contributed by atoms with Gasteiger partial charge in [-0.3, -0.25) is 4.79 Å². The van der Waals surface area contributed by atoms with Crippen molar-refractivity contribution in [3.8, 4) is 0 Å². The van der Waals surface area contributed by atoms with Crippen molar-refractivity contribution in [3.05, 3.63) is 170 Å². The van der Waals surface area contributed by atoms with E-state index in [0.29, 0.717) is 12.8 Å². The van der Waals surface area contributed by atoms with Crippen LogP contribution in [-0.4, -0.2) is 140 Å². The summed E-state index contributed by atoms with van der Waals surface area (Å²) < 4.78 is 22.8. The predicted molar refractivity (Wildman–Crippen MR) is 373 cm³/mol. The summed E-state index contributed by atoms with van der Waals surface area (Å²) in [6.45, 7) is 2.62. The second-order valence-electron chi connectivity index (χ2n) is 23.5. The van der Waals surface area contributed by atoms with Crippen molar-refractivity contribution >= 4 is 5.91 Å². The van der Waals surface area contributed by atoms with Crippen LogP contribution in [0.15, 0.2) is 170 Å². The van der Waals surface area contributed by atoms with E-state index < -0.39 is 86.8 Å². The van der Waals surface area contributed by atoms with Crippen LogP contribution in [0.4, 0.5) is 0 Å². The number of allylic oxidation sites excluding steroid dienone is 27. The Morgan fingerprint density at radius 2 is 0.769 bits per heavy atom. The third-order valence-electron chi connectivity index (χ3n) is 15.6. The van der Waals surface area contributed by atoms with Crippen molar-refractivity contribution in [2.24, 2.45) is 0 Å². The minimum atomic E-state index is -1.81. The summed E-state index contributed by atoms with van der Waals surface area (Å²) in [4.78, 5) is 13.3. The monoisotopic (exact) mass is 1270 g/mol. The van der Waals surface area contributed by atoms with Crippen LogP contribution in [0, 0.1) is 0 Å². The molecule has 0 bridgehead atoms. The molecule has 2 fully saturated rings. The van der Waals surface area contributed by atoms with Crippen LogP contribution in [0.2, 0.25) is 0 Å². The lowest BCUT2D eigenvalue weighted by Crippen LogP contribution is -2.65. The Kier molecular flexibility index (Phi) is 53.6. The number of carbonyl (C=O) groups excluding carboxylic acids is 1. The summed E-state index contributed by atoms with van der Waals surface area (Å²) in [6.07, 6.45) is 75.4. The summed E-state index contributed by atoms with van der Waals surface area (Å²) in [5.41, 5.74) is 0. The molecule has 14 heteroatoms. The lowest BCUT2D eigenvalue weighted by molar-refractivity contribution is -0.359. The van der Waals surface area contributed by atoms with Gasteiger partial charge in [0, 0.05) is 6.42 Å². The number of nitrogens with one attached hydrogen (secondary N) is 1. The van der Waals surface area contributed by atoms with Crippen LogP contribution in [0.3, 0.4) is 0 Å². The average molecular weight is 1270 g/mol. The lowest BCUT2D eigenvalue weighted by atomic mass is 9.97. The van der Waals surface area contributed by atoms with Gasteiger partial charge >= 0.3 is 0 Å². The maximum atomic E-state index is 13.3. The third-order valence-corrected chi connectivity index (χ3v) is 15.6. The minimum absolute atomic E-state index is 0.218. The van der Waals surface area contributed by atoms with Crippen molar-refractivity contribution in [2.75, 3.05) is 19.8 Å². The van der Waals surface area contributed by atoms with Gasteiger partial charge in [0.2, 0.25) is 5.91 Å². The molecule has 0 aromatic heterocycles. The number of hydrogen-bond acceptors (Lipinski definition) is 13. The van der Waals surface area contributed by atoms with Crippen LogP contribution in [0.1, 0.15) is 213 Å². The van der Waals surface area contributed by atoms with Crippen LogP contribution in [0.5, 0.6) is 0 Å². The first kappa shape index (κ1) is 82.4. The zero-order chi connectivity index (χ0) is 65.9. The fourth-order valence-electron chi connectivity index (χ4n) is 10.1. The Morgan fingerprint density at radius 3 is 1.21 bits per heavy atom. The number of aliphatic hydroxyl groups excluding tert-OH is 8. The molecule has 12 atom stereocenters. The molecule has 2 aliphatic rings. The maximum Gasteiger partial charge on any atom is 0.220 e. The maximum absolute atomic E-state index is 13.3. The number of unbranched alkanes of at least 4 members (excludes halogenated alkanes) is 15. The Bertz CT molecular complexity index is 2180. The second kappa shape index (κ2) is 59.1. The van der Waals surface area contributed by atoms with Gasteiger partial charge < -0.3 is 65.1 Å². The third kappa shape index (κ3) is 43.1. The number of ether oxygens (including phenoxy) is 4. The van der Waals surface area contributed by atoms with Crippen molar-refractivity contribution in [2.45, 2.75) is 286 Å². The van der Waals surface area contributed by atoms with E-state index in [1.54, 1.807) is 6.08 Å². The molecule has 2 saturated heterocycles. The lowest BCUT2D eigenvalue weighted by Gasteiger charge is -2.46. The molecule has 0 aliphatic carbocycles. The molecular formula is C77H123NO13. The van der Waals surface area contributed by atoms with Gasteiger partial charge in [-0.1, -0.05) is 248 Å². The van der Waals surface area contributed by atoms with Crippen LogP contribution in [-0.2, 0) is 23.7 Å². The van der Waals surface area contributed by atoms with Crippen LogP contribution >= 0.6 is 0 Å². The standard InChI is InChI=1S/C77H123NO13/c1-3-5-7-9-11-13-15-17-19-21-23-25-26-27-28-29-30-31-32-33-34-35-36-37-38-39-40-41-43-45-47-49-51-53-55-57-59-61-69(82)78-65(66(81)60-58-56-54-52-50-48-46-44-42-24-22-20-18-16-14-12-10-8-6-4-2)64-88-76-74(87)72(85)75(68(63-80)90-76)91-77-73(86)71(84)70(83)67(62-79)89-77/h5,7,11,13,17,19,23,25,27-28,30-31,33-34,36-37,39-40,42-45,49-52,58,60,65-68,70-77,79-81,83-87H,3-4,6,8-10,12,14-16,18,20-22,24,26,29,32,35,38,41,46-48,53-57,59,61-64H2,1-2H3,(H,78,82)/b7-5-,13-11-,19-17-,25-23-,28-27-,31-30-,34-33-,37-36-,40-39-,44-42+,45-43-,51-49-,52-50+,60-58+. The number of amides is 1. The van der Waals surface area contributed by atoms with Gasteiger partial charge in [0.05, 0.1) is 32.0 Å². The smallest absolute Gasteiger partial charge is 0.220 e. The highest BCUT2D eigenvalue weighted by atomic mass is 16.7. The molecule has 14 nitrogen and oxygen atoms in total. The largest absolute Gasteiger partial charge is 0.394 e. The van der Waals surface area contributed by atoms with Gasteiger partial charge in [-0.25, -0.2) is 0 Å². The Hall–Kier alpha value is -4.65. The summed E-state index contributed by atoms with van der Waals surface area (Å²) in [6, 6.07) is -0.970.